The molecule has 1 aliphatic heterocycles. The lowest BCUT2D eigenvalue weighted by atomic mass is 10.2. The molecule has 140 valence electrons. The molecule has 1 fully saturated rings. The molecule has 1 aliphatic rings. The first-order valence-electron chi connectivity index (χ1n) is 8.82. The van der Waals surface area contributed by atoms with Crippen LogP contribution in [0, 0.1) is 5.82 Å². The number of hydrogen-bond donors (Lipinski definition) is 0. The van der Waals surface area contributed by atoms with Crippen molar-refractivity contribution in [2.45, 2.75) is 6.92 Å². The Morgan fingerprint density at radius 2 is 1.85 bits per heavy atom. The van der Waals surface area contributed by atoms with Crippen LogP contribution in [0.15, 0.2) is 36.0 Å². The summed E-state index contributed by atoms with van der Waals surface area (Å²) in [6.07, 6.45) is 1.54. The van der Waals surface area contributed by atoms with Gasteiger partial charge in [0.2, 0.25) is 0 Å². The fraction of sp³-hybridized carbons (Fsp3) is 0.316. The van der Waals surface area contributed by atoms with E-state index in [9.17, 15) is 9.18 Å². The minimum atomic E-state index is -0.343. The lowest BCUT2D eigenvalue weighted by Gasteiger charge is -2.37. The molecule has 0 amide bonds. The predicted octanol–water partition coefficient (Wildman–Crippen LogP) is 3.33. The SMILES string of the molecule is CCOC(=O)c1csc2ncnc(N3CCN(c4ccc(F)cc4)CC3)c12. The van der Waals surface area contributed by atoms with E-state index in [4.69, 9.17) is 4.74 Å². The van der Waals surface area contributed by atoms with Crippen molar-refractivity contribution in [2.24, 2.45) is 0 Å². The van der Waals surface area contributed by atoms with E-state index in [0.29, 0.717) is 12.2 Å². The number of thiophene rings is 1. The minimum Gasteiger partial charge on any atom is -0.462 e. The second-order valence-corrected chi connectivity index (χ2v) is 7.06. The van der Waals surface area contributed by atoms with E-state index in [-0.39, 0.29) is 11.8 Å². The number of carbonyl (C=O) groups is 1. The summed E-state index contributed by atoms with van der Waals surface area (Å²) in [4.78, 5) is 26.2. The van der Waals surface area contributed by atoms with Crippen molar-refractivity contribution in [1.29, 1.82) is 0 Å². The van der Waals surface area contributed by atoms with Crippen LogP contribution in [0.25, 0.3) is 10.2 Å². The number of ether oxygens (including phenoxy) is 1. The number of halogens is 1. The summed E-state index contributed by atoms with van der Waals surface area (Å²) in [5, 5.41) is 2.55. The van der Waals surface area contributed by atoms with Crippen LogP contribution in [0.1, 0.15) is 17.3 Å². The van der Waals surface area contributed by atoms with Gasteiger partial charge in [0.05, 0.1) is 17.6 Å². The molecule has 0 saturated carbocycles. The maximum absolute atomic E-state index is 13.1. The van der Waals surface area contributed by atoms with Crippen LogP contribution >= 0.6 is 11.3 Å². The van der Waals surface area contributed by atoms with Crippen LogP contribution in [0.5, 0.6) is 0 Å². The first-order valence-corrected chi connectivity index (χ1v) is 9.70. The van der Waals surface area contributed by atoms with Crippen molar-refractivity contribution in [2.75, 3.05) is 42.6 Å². The smallest absolute Gasteiger partial charge is 0.339 e. The number of aromatic nitrogens is 2. The Morgan fingerprint density at radius 3 is 2.56 bits per heavy atom. The van der Waals surface area contributed by atoms with Crippen molar-refractivity contribution < 1.29 is 13.9 Å². The molecule has 0 radical (unpaired) electrons. The number of piperazine rings is 1. The van der Waals surface area contributed by atoms with Crippen LogP contribution in [0.2, 0.25) is 0 Å². The highest BCUT2D eigenvalue weighted by Crippen LogP contribution is 2.32. The Bertz CT molecular complexity index is 952. The molecular weight excluding hydrogens is 367 g/mol. The number of esters is 1. The lowest BCUT2D eigenvalue weighted by molar-refractivity contribution is 0.0529. The normalized spacial score (nSPS) is 14.6. The monoisotopic (exact) mass is 386 g/mol. The topological polar surface area (TPSA) is 58.6 Å². The van der Waals surface area contributed by atoms with Gasteiger partial charge in [-0.05, 0) is 31.2 Å². The zero-order valence-corrected chi connectivity index (χ0v) is 15.7. The van der Waals surface area contributed by atoms with E-state index in [2.05, 4.69) is 19.8 Å². The fourth-order valence-electron chi connectivity index (χ4n) is 3.29. The van der Waals surface area contributed by atoms with E-state index in [0.717, 1.165) is 47.9 Å². The number of fused-ring (bicyclic) bond motifs is 1. The zero-order chi connectivity index (χ0) is 18.8. The molecular formula is C19H19FN4O2S. The van der Waals surface area contributed by atoms with Crippen molar-refractivity contribution in [3.8, 4) is 0 Å². The highest BCUT2D eigenvalue weighted by atomic mass is 32.1. The van der Waals surface area contributed by atoms with Crippen LogP contribution in [0.3, 0.4) is 0 Å². The van der Waals surface area contributed by atoms with Crippen molar-refractivity contribution in [1.82, 2.24) is 9.97 Å². The molecule has 0 N–H and O–H groups in total. The summed E-state index contributed by atoms with van der Waals surface area (Å²) in [6.45, 7) is 5.20. The van der Waals surface area contributed by atoms with Gasteiger partial charge in [-0.2, -0.15) is 0 Å². The minimum absolute atomic E-state index is 0.232. The Morgan fingerprint density at radius 1 is 1.15 bits per heavy atom. The molecule has 1 aromatic carbocycles. The van der Waals surface area contributed by atoms with Crippen LogP contribution in [0.4, 0.5) is 15.9 Å². The average molecular weight is 386 g/mol. The third-order valence-corrected chi connectivity index (χ3v) is 5.50. The van der Waals surface area contributed by atoms with Gasteiger partial charge in [0.15, 0.2) is 0 Å². The van der Waals surface area contributed by atoms with Crippen LogP contribution in [-0.2, 0) is 4.74 Å². The lowest BCUT2D eigenvalue weighted by Crippen LogP contribution is -2.47. The largest absolute Gasteiger partial charge is 0.462 e. The molecule has 3 heterocycles. The van der Waals surface area contributed by atoms with Crippen molar-refractivity contribution >= 4 is 39.0 Å². The highest BCUT2D eigenvalue weighted by molar-refractivity contribution is 7.17. The number of carbonyl (C=O) groups excluding carboxylic acids is 1. The average Bonchev–Trinajstić information content (AvgIpc) is 3.13. The van der Waals surface area contributed by atoms with Gasteiger partial charge >= 0.3 is 5.97 Å². The maximum Gasteiger partial charge on any atom is 0.339 e. The highest BCUT2D eigenvalue weighted by Gasteiger charge is 2.24. The van der Waals surface area contributed by atoms with Gasteiger partial charge in [0.1, 0.15) is 22.8 Å². The molecule has 27 heavy (non-hydrogen) atoms. The molecule has 0 bridgehead atoms. The second-order valence-electron chi connectivity index (χ2n) is 6.20. The van der Waals surface area contributed by atoms with Gasteiger partial charge < -0.3 is 14.5 Å². The number of hydrogen-bond acceptors (Lipinski definition) is 7. The first-order chi connectivity index (χ1) is 13.2. The summed E-state index contributed by atoms with van der Waals surface area (Å²) in [5.41, 5.74) is 1.53. The summed E-state index contributed by atoms with van der Waals surface area (Å²) in [6, 6.07) is 6.55. The maximum atomic E-state index is 13.1. The quantitative estimate of drug-likeness (QED) is 0.641. The third-order valence-electron chi connectivity index (χ3n) is 4.62. The molecule has 0 spiro atoms. The number of benzene rings is 1. The molecule has 3 aromatic rings. The Balaban J connectivity index is 1.57. The number of nitrogens with zero attached hydrogens (tertiary/aromatic N) is 4. The molecule has 0 aliphatic carbocycles. The summed E-state index contributed by atoms with van der Waals surface area (Å²) >= 11 is 1.42. The predicted molar refractivity (Wildman–Crippen MR) is 104 cm³/mol. The zero-order valence-electron chi connectivity index (χ0n) is 14.9. The van der Waals surface area contributed by atoms with E-state index in [1.165, 1.54) is 29.8 Å². The van der Waals surface area contributed by atoms with Gasteiger partial charge in [-0.1, -0.05) is 0 Å². The van der Waals surface area contributed by atoms with Crippen molar-refractivity contribution in [3.05, 3.63) is 47.4 Å². The van der Waals surface area contributed by atoms with E-state index in [1.54, 1.807) is 24.4 Å². The number of anilines is 2. The molecule has 1 saturated heterocycles. The number of rotatable bonds is 4. The molecule has 0 unspecified atom stereocenters. The van der Waals surface area contributed by atoms with Gasteiger partial charge in [0.25, 0.3) is 0 Å². The summed E-state index contributed by atoms with van der Waals surface area (Å²) in [7, 11) is 0. The van der Waals surface area contributed by atoms with Gasteiger partial charge in [0, 0.05) is 37.2 Å². The Hall–Kier alpha value is -2.74. The first kappa shape index (κ1) is 17.7. The van der Waals surface area contributed by atoms with E-state index in [1.807, 2.05) is 0 Å². The fourth-order valence-corrected chi connectivity index (χ4v) is 4.16. The van der Waals surface area contributed by atoms with Crippen molar-refractivity contribution in [3.63, 3.8) is 0 Å². The van der Waals surface area contributed by atoms with Crippen LogP contribution < -0.4 is 9.80 Å². The van der Waals surface area contributed by atoms with E-state index < -0.39 is 0 Å². The molecule has 6 nitrogen and oxygen atoms in total. The van der Waals surface area contributed by atoms with Gasteiger partial charge in [-0.15, -0.1) is 11.3 Å². The Kier molecular flexibility index (Phi) is 4.89. The summed E-state index contributed by atoms with van der Waals surface area (Å²) in [5.74, 6) is 0.192. The van der Waals surface area contributed by atoms with Crippen LogP contribution in [-0.4, -0.2) is 48.7 Å². The van der Waals surface area contributed by atoms with Gasteiger partial charge in [-0.3, -0.25) is 0 Å². The van der Waals surface area contributed by atoms with Gasteiger partial charge in [-0.25, -0.2) is 19.2 Å². The second kappa shape index (κ2) is 7.48. The summed E-state index contributed by atoms with van der Waals surface area (Å²) < 4.78 is 18.3. The molecule has 4 rings (SSSR count). The molecule has 0 atom stereocenters. The molecule has 8 heteroatoms. The third kappa shape index (κ3) is 3.44. The standard InChI is InChI=1S/C19H19FN4O2S/c1-2-26-19(25)15-11-27-18-16(15)17(21-12-22-18)24-9-7-23(8-10-24)14-5-3-13(20)4-6-14/h3-6,11-12H,2,7-10H2,1H3. The van der Waals surface area contributed by atoms with E-state index >= 15 is 0 Å². The molecule has 2 aromatic heterocycles. The Labute approximate surface area is 160 Å².